The van der Waals surface area contributed by atoms with Crippen LogP contribution in [0.25, 0.3) is 0 Å². The quantitative estimate of drug-likeness (QED) is 0.892. The number of nitrogens with one attached hydrogen (secondary N) is 1. The lowest BCUT2D eigenvalue weighted by atomic mass is 10.2. The van der Waals surface area contributed by atoms with Crippen molar-refractivity contribution in [2.75, 3.05) is 36.4 Å². The molecule has 1 aromatic heterocycles. The molecule has 0 amide bonds. The largest absolute Gasteiger partial charge is 0.356 e. The van der Waals surface area contributed by atoms with Crippen molar-refractivity contribution < 1.29 is 0 Å². The van der Waals surface area contributed by atoms with Gasteiger partial charge in [-0.05, 0) is 30.9 Å². The predicted octanol–water partition coefficient (Wildman–Crippen LogP) is 3.54. The third-order valence-corrected chi connectivity index (χ3v) is 5.43. The van der Waals surface area contributed by atoms with Crippen LogP contribution in [0.2, 0.25) is 0 Å². The van der Waals surface area contributed by atoms with E-state index in [1.54, 1.807) is 0 Å². The van der Waals surface area contributed by atoms with Gasteiger partial charge in [-0.25, -0.2) is 4.98 Å². The molecule has 2 saturated heterocycles. The summed E-state index contributed by atoms with van der Waals surface area (Å²) in [6.45, 7) is 5.42. The number of aromatic nitrogens is 2. The van der Waals surface area contributed by atoms with Crippen LogP contribution in [-0.2, 0) is 6.54 Å². The molecular weight excluding hydrogens is 322 g/mol. The lowest BCUT2D eigenvalue weighted by Crippen LogP contribution is -2.28. The molecule has 1 atom stereocenters. The maximum Gasteiger partial charge on any atom is 0.224 e. The zero-order chi connectivity index (χ0) is 17.6. The number of rotatable bonds is 5. The van der Waals surface area contributed by atoms with Crippen LogP contribution >= 0.6 is 0 Å². The number of nitrogens with zero attached hydrogens (tertiary/aromatic N) is 4. The van der Waals surface area contributed by atoms with Crippen LogP contribution in [0, 0.1) is 0 Å². The Hall–Kier alpha value is -2.14. The van der Waals surface area contributed by atoms with E-state index in [1.165, 1.54) is 31.2 Å². The highest BCUT2D eigenvalue weighted by molar-refractivity contribution is 5.43. The van der Waals surface area contributed by atoms with Gasteiger partial charge in [-0.15, -0.1) is 0 Å². The minimum absolute atomic E-state index is 0.429. The smallest absolute Gasteiger partial charge is 0.224 e. The molecule has 0 spiro atoms. The lowest BCUT2D eigenvalue weighted by molar-refractivity contribution is 0.328. The normalized spacial score (nSPS) is 21.5. The fraction of sp³-hybridized carbons (Fsp3) is 0.524. The van der Waals surface area contributed by atoms with Crippen molar-refractivity contribution >= 4 is 11.8 Å². The fourth-order valence-electron chi connectivity index (χ4n) is 4.01. The number of likely N-dealkylation sites (tertiary alicyclic amines) is 1. The van der Waals surface area contributed by atoms with Gasteiger partial charge in [0.25, 0.3) is 0 Å². The minimum atomic E-state index is 0.429. The Morgan fingerprint density at radius 3 is 2.58 bits per heavy atom. The number of hydrogen-bond donors (Lipinski definition) is 1. The summed E-state index contributed by atoms with van der Waals surface area (Å²) in [5, 5.41) is 3.56. The van der Waals surface area contributed by atoms with Crippen LogP contribution in [0.15, 0.2) is 42.6 Å². The summed E-state index contributed by atoms with van der Waals surface area (Å²) in [7, 11) is 0. The van der Waals surface area contributed by atoms with Gasteiger partial charge in [-0.3, -0.25) is 4.90 Å². The highest BCUT2D eigenvalue weighted by Crippen LogP contribution is 2.20. The van der Waals surface area contributed by atoms with E-state index < -0.39 is 0 Å². The Morgan fingerprint density at radius 2 is 1.77 bits per heavy atom. The van der Waals surface area contributed by atoms with E-state index in [9.17, 15) is 0 Å². The van der Waals surface area contributed by atoms with E-state index in [0.29, 0.717) is 6.04 Å². The average Bonchev–Trinajstić information content (AvgIpc) is 2.94. The SMILES string of the molecule is c1ccc(CN2CC[C@@H](Nc3nccc(N4CCCCCC4)n3)C2)cc1. The zero-order valence-electron chi connectivity index (χ0n) is 15.5. The Morgan fingerprint density at radius 1 is 0.962 bits per heavy atom. The average molecular weight is 351 g/mol. The van der Waals surface area contributed by atoms with E-state index >= 15 is 0 Å². The van der Waals surface area contributed by atoms with Gasteiger partial charge in [-0.1, -0.05) is 43.2 Å². The van der Waals surface area contributed by atoms with Crippen molar-refractivity contribution in [1.29, 1.82) is 0 Å². The summed E-state index contributed by atoms with van der Waals surface area (Å²) >= 11 is 0. The highest BCUT2D eigenvalue weighted by atomic mass is 15.3. The third-order valence-electron chi connectivity index (χ3n) is 5.43. The molecule has 3 heterocycles. The summed E-state index contributed by atoms with van der Waals surface area (Å²) in [4.78, 5) is 14.2. The second kappa shape index (κ2) is 8.49. The highest BCUT2D eigenvalue weighted by Gasteiger charge is 2.23. The monoisotopic (exact) mass is 351 g/mol. The molecule has 2 aromatic rings. The molecule has 0 bridgehead atoms. The van der Waals surface area contributed by atoms with E-state index in [-0.39, 0.29) is 0 Å². The van der Waals surface area contributed by atoms with E-state index in [4.69, 9.17) is 4.98 Å². The molecule has 0 saturated carbocycles. The molecule has 0 aliphatic carbocycles. The molecule has 2 fully saturated rings. The first kappa shape index (κ1) is 17.3. The molecule has 2 aliphatic rings. The van der Waals surface area contributed by atoms with Gasteiger partial charge < -0.3 is 10.2 Å². The number of benzene rings is 1. The summed E-state index contributed by atoms with van der Waals surface area (Å²) in [6.07, 6.45) is 8.25. The van der Waals surface area contributed by atoms with Gasteiger partial charge in [0.1, 0.15) is 5.82 Å². The molecule has 1 N–H and O–H groups in total. The van der Waals surface area contributed by atoms with Gasteiger partial charge in [0, 0.05) is 45.0 Å². The maximum atomic E-state index is 4.80. The van der Waals surface area contributed by atoms with Crippen LogP contribution in [-0.4, -0.2) is 47.1 Å². The molecule has 5 heteroatoms. The Bertz CT molecular complexity index is 682. The number of anilines is 2. The van der Waals surface area contributed by atoms with Gasteiger partial charge in [0.15, 0.2) is 0 Å². The first-order valence-corrected chi connectivity index (χ1v) is 9.98. The molecule has 5 nitrogen and oxygen atoms in total. The summed E-state index contributed by atoms with van der Waals surface area (Å²) < 4.78 is 0. The summed E-state index contributed by atoms with van der Waals surface area (Å²) in [6, 6.07) is 13.2. The molecular formula is C21H29N5. The standard InChI is InChI=1S/C21H29N5/c1-2-7-14-26(13-6-1)20-10-12-22-21(24-20)23-19-11-15-25(17-19)16-18-8-4-3-5-9-18/h3-5,8-10,12,19H,1-2,6-7,11,13-17H2,(H,22,23,24)/t19-/m1/s1. The van der Waals surface area contributed by atoms with E-state index in [2.05, 4.69) is 50.4 Å². The lowest BCUT2D eigenvalue weighted by Gasteiger charge is -2.22. The van der Waals surface area contributed by atoms with Crippen LogP contribution in [0.3, 0.4) is 0 Å². The van der Waals surface area contributed by atoms with E-state index in [0.717, 1.165) is 50.9 Å². The van der Waals surface area contributed by atoms with Crippen LogP contribution in [0.1, 0.15) is 37.7 Å². The van der Waals surface area contributed by atoms with Crippen molar-refractivity contribution in [2.24, 2.45) is 0 Å². The molecule has 4 rings (SSSR count). The van der Waals surface area contributed by atoms with Crippen LogP contribution in [0.4, 0.5) is 11.8 Å². The number of hydrogen-bond acceptors (Lipinski definition) is 5. The molecule has 0 unspecified atom stereocenters. The molecule has 2 aliphatic heterocycles. The Kier molecular flexibility index (Phi) is 5.65. The maximum absolute atomic E-state index is 4.80. The predicted molar refractivity (Wildman–Crippen MR) is 106 cm³/mol. The van der Waals surface area contributed by atoms with Crippen LogP contribution in [0.5, 0.6) is 0 Å². The molecule has 138 valence electrons. The van der Waals surface area contributed by atoms with Gasteiger partial charge in [-0.2, -0.15) is 4.98 Å². The third kappa shape index (κ3) is 4.52. The van der Waals surface area contributed by atoms with Gasteiger partial charge >= 0.3 is 0 Å². The topological polar surface area (TPSA) is 44.3 Å². The molecule has 1 aromatic carbocycles. The molecule has 26 heavy (non-hydrogen) atoms. The second-order valence-electron chi connectivity index (χ2n) is 7.49. The summed E-state index contributed by atoms with van der Waals surface area (Å²) in [5.74, 6) is 1.85. The van der Waals surface area contributed by atoms with Crippen molar-refractivity contribution in [2.45, 2.75) is 44.7 Å². The fourth-order valence-corrected chi connectivity index (χ4v) is 4.01. The molecule has 0 radical (unpaired) electrons. The first-order chi connectivity index (χ1) is 12.9. The van der Waals surface area contributed by atoms with Crippen molar-refractivity contribution in [3.05, 3.63) is 48.2 Å². The summed E-state index contributed by atoms with van der Waals surface area (Å²) in [5.41, 5.74) is 1.38. The Balaban J connectivity index is 1.33. The van der Waals surface area contributed by atoms with Gasteiger partial charge in [0.05, 0.1) is 0 Å². The van der Waals surface area contributed by atoms with Crippen molar-refractivity contribution in [1.82, 2.24) is 14.9 Å². The minimum Gasteiger partial charge on any atom is -0.356 e. The second-order valence-corrected chi connectivity index (χ2v) is 7.49. The van der Waals surface area contributed by atoms with Gasteiger partial charge in [0.2, 0.25) is 5.95 Å². The van der Waals surface area contributed by atoms with E-state index in [1.807, 2.05) is 12.3 Å². The Labute approximate surface area is 156 Å². The van der Waals surface area contributed by atoms with Crippen LogP contribution < -0.4 is 10.2 Å². The first-order valence-electron chi connectivity index (χ1n) is 9.98. The van der Waals surface area contributed by atoms with Crippen molar-refractivity contribution in [3.63, 3.8) is 0 Å². The van der Waals surface area contributed by atoms with Crippen molar-refractivity contribution in [3.8, 4) is 0 Å². The zero-order valence-corrected chi connectivity index (χ0v) is 15.5.